The number of carbonyl (C=O) groups excluding carboxylic acids is 3. The average Bonchev–Trinajstić information content (AvgIpc) is 2.51. The van der Waals surface area contributed by atoms with E-state index in [0.717, 1.165) is 6.42 Å². The Morgan fingerprint density at radius 3 is 1.85 bits per heavy atom. The Kier molecular flexibility index (Phi) is 11.7. The summed E-state index contributed by atoms with van der Waals surface area (Å²) in [6.07, 6.45) is 1.00. The van der Waals surface area contributed by atoms with Gasteiger partial charge in [-0.15, -0.1) is 0 Å². The fourth-order valence-corrected chi connectivity index (χ4v) is 2.33. The summed E-state index contributed by atoms with van der Waals surface area (Å²) in [6, 6.07) is 0. The van der Waals surface area contributed by atoms with Crippen molar-refractivity contribution in [3.63, 3.8) is 0 Å². The molecule has 0 aromatic heterocycles. The molecule has 156 valence electrons. The molecular formula is C21H36O6. The smallest absolute Gasteiger partial charge is 0.480 e. The summed E-state index contributed by atoms with van der Waals surface area (Å²) in [5, 5.41) is 10.2. The minimum absolute atomic E-state index is 0.00272. The van der Waals surface area contributed by atoms with Crippen molar-refractivity contribution in [3.05, 3.63) is 11.5 Å². The van der Waals surface area contributed by atoms with Gasteiger partial charge in [-0.05, 0) is 30.6 Å². The van der Waals surface area contributed by atoms with Crippen LogP contribution in [0.5, 0.6) is 0 Å². The van der Waals surface area contributed by atoms with E-state index in [1.807, 2.05) is 41.5 Å². The Hall–Kier alpha value is -1.85. The summed E-state index contributed by atoms with van der Waals surface area (Å²) in [7, 11) is 0. The number of aliphatic hydroxyl groups is 1. The van der Waals surface area contributed by atoms with Gasteiger partial charge in [-0.1, -0.05) is 54.9 Å². The van der Waals surface area contributed by atoms with Gasteiger partial charge in [0.05, 0.1) is 6.61 Å². The van der Waals surface area contributed by atoms with Crippen LogP contribution >= 0.6 is 0 Å². The van der Waals surface area contributed by atoms with Gasteiger partial charge in [0.1, 0.15) is 5.57 Å². The molecule has 0 fully saturated rings. The second-order valence-electron chi connectivity index (χ2n) is 8.32. The molecule has 1 N–H and O–H groups in total. The molecule has 0 aromatic carbocycles. The molecule has 0 heterocycles. The highest BCUT2D eigenvalue weighted by molar-refractivity contribution is 6.21. The van der Waals surface area contributed by atoms with E-state index in [1.165, 1.54) is 0 Å². The third kappa shape index (κ3) is 10.8. The molecule has 1 atom stereocenters. The zero-order valence-corrected chi connectivity index (χ0v) is 17.8. The third-order valence-electron chi connectivity index (χ3n) is 4.05. The van der Waals surface area contributed by atoms with Crippen molar-refractivity contribution in [2.24, 2.45) is 23.7 Å². The lowest BCUT2D eigenvalue weighted by molar-refractivity contribution is -0.124. The van der Waals surface area contributed by atoms with Gasteiger partial charge in [-0.25, -0.2) is 4.79 Å². The molecule has 6 nitrogen and oxygen atoms in total. The van der Waals surface area contributed by atoms with Crippen LogP contribution in [0.15, 0.2) is 11.5 Å². The number of hydrogen-bond acceptors (Lipinski definition) is 6. The lowest BCUT2D eigenvalue weighted by Crippen LogP contribution is -2.24. The van der Waals surface area contributed by atoms with Crippen LogP contribution in [0, 0.1) is 23.7 Å². The SMILES string of the molecule is CC(C)CCOC(=O)O/C(O)=C(/C(=O)CC(C)C)C(=O)C(C)CCC(C)C. The van der Waals surface area contributed by atoms with E-state index in [0.29, 0.717) is 24.7 Å². The number of rotatable bonds is 12. The maximum Gasteiger partial charge on any atom is 0.516 e. The largest absolute Gasteiger partial charge is 0.516 e. The highest BCUT2D eigenvalue weighted by Crippen LogP contribution is 2.21. The first-order valence-electron chi connectivity index (χ1n) is 9.80. The number of carbonyl (C=O) groups is 3. The van der Waals surface area contributed by atoms with Crippen molar-refractivity contribution in [1.82, 2.24) is 0 Å². The summed E-state index contributed by atoms with van der Waals surface area (Å²) >= 11 is 0. The van der Waals surface area contributed by atoms with Crippen LogP contribution in [-0.4, -0.2) is 29.4 Å². The monoisotopic (exact) mass is 384 g/mol. The Labute approximate surface area is 163 Å². The van der Waals surface area contributed by atoms with Gasteiger partial charge < -0.3 is 14.6 Å². The summed E-state index contributed by atoms with van der Waals surface area (Å²) < 4.78 is 9.60. The number of hydrogen-bond donors (Lipinski definition) is 1. The first-order valence-corrected chi connectivity index (χ1v) is 9.80. The molecule has 0 amide bonds. The standard InChI is InChI=1S/C21H36O6/c1-13(2)8-9-16(7)19(23)18(17(22)12-15(5)6)20(24)27-21(25)26-11-10-14(3)4/h13-16,24H,8-12H2,1-7H3/b20-18-. The molecule has 27 heavy (non-hydrogen) atoms. The zero-order valence-electron chi connectivity index (χ0n) is 17.8. The Morgan fingerprint density at radius 2 is 1.37 bits per heavy atom. The van der Waals surface area contributed by atoms with E-state index in [-0.39, 0.29) is 18.9 Å². The fourth-order valence-electron chi connectivity index (χ4n) is 2.33. The van der Waals surface area contributed by atoms with E-state index in [2.05, 4.69) is 0 Å². The van der Waals surface area contributed by atoms with Crippen molar-refractivity contribution < 1.29 is 29.0 Å². The minimum Gasteiger partial charge on any atom is -0.480 e. The van der Waals surface area contributed by atoms with Crippen LogP contribution in [0.1, 0.15) is 74.1 Å². The second kappa shape index (κ2) is 12.5. The second-order valence-corrected chi connectivity index (χ2v) is 8.32. The predicted molar refractivity (Wildman–Crippen MR) is 104 cm³/mol. The first-order chi connectivity index (χ1) is 12.5. The Bertz CT molecular complexity index is 531. The highest BCUT2D eigenvalue weighted by atomic mass is 16.8. The summed E-state index contributed by atoms with van der Waals surface area (Å²) in [6.45, 7) is 13.6. The molecule has 6 heteroatoms. The molecule has 0 spiro atoms. The summed E-state index contributed by atoms with van der Waals surface area (Å²) in [5.74, 6) is -1.70. The van der Waals surface area contributed by atoms with Gasteiger partial charge >= 0.3 is 12.1 Å². The molecule has 0 aromatic rings. The van der Waals surface area contributed by atoms with Gasteiger partial charge in [0.2, 0.25) is 0 Å². The molecule has 1 unspecified atom stereocenters. The van der Waals surface area contributed by atoms with Crippen molar-refractivity contribution in [2.45, 2.75) is 74.1 Å². The molecule has 0 saturated carbocycles. The van der Waals surface area contributed by atoms with E-state index < -0.39 is 35.2 Å². The maximum atomic E-state index is 12.7. The number of ketones is 2. The van der Waals surface area contributed by atoms with Crippen LogP contribution in [0.4, 0.5) is 4.79 Å². The van der Waals surface area contributed by atoms with Crippen LogP contribution in [0.2, 0.25) is 0 Å². The van der Waals surface area contributed by atoms with Gasteiger partial charge in [-0.2, -0.15) is 0 Å². The molecule has 0 aliphatic carbocycles. The van der Waals surface area contributed by atoms with Gasteiger partial charge in [0.25, 0.3) is 0 Å². The molecule has 0 bridgehead atoms. The molecule has 0 aliphatic heterocycles. The Morgan fingerprint density at radius 1 is 0.815 bits per heavy atom. The Balaban J connectivity index is 5.30. The minimum atomic E-state index is -1.12. The van der Waals surface area contributed by atoms with Crippen LogP contribution in [0.25, 0.3) is 0 Å². The van der Waals surface area contributed by atoms with Gasteiger partial charge in [0.15, 0.2) is 11.6 Å². The number of aliphatic hydroxyl groups excluding tert-OH is 1. The normalized spacial score (nSPS) is 13.6. The molecule has 0 rings (SSSR count). The zero-order chi connectivity index (χ0) is 21.1. The summed E-state index contributed by atoms with van der Waals surface area (Å²) in [5.41, 5.74) is -0.444. The van der Waals surface area contributed by atoms with Crippen LogP contribution in [-0.2, 0) is 19.1 Å². The number of allylic oxidation sites excluding steroid dienone is 1. The van der Waals surface area contributed by atoms with Crippen LogP contribution < -0.4 is 0 Å². The maximum absolute atomic E-state index is 12.7. The molecule has 0 radical (unpaired) electrons. The third-order valence-corrected chi connectivity index (χ3v) is 4.05. The number of ether oxygens (including phenoxy) is 2. The first kappa shape index (κ1) is 25.1. The molecular weight excluding hydrogens is 348 g/mol. The average molecular weight is 385 g/mol. The predicted octanol–water partition coefficient (Wildman–Crippen LogP) is 5.21. The van der Waals surface area contributed by atoms with Crippen LogP contribution in [0.3, 0.4) is 0 Å². The van der Waals surface area contributed by atoms with Crippen molar-refractivity contribution in [3.8, 4) is 0 Å². The van der Waals surface area contributed by atoms with E-state index in [4.69, 9.17) is 9.47 Å². The number of Topliss-reactive ketones (excluding diaryl/α,β-unsaturated/α-hetero) is 2. The fraction of sp³-hybridized carbons (Fsp3) is 0.762. The van der Waals surface area contributed by atoms with Gasteiger partial charge in [-0.3, -0.25) is 9.59 Å². The topological polar surface area (TPSA) is 89.9 Å². The van der Waals surface area contributed by atoms with Gasteiger partial charge in [0, 0.05) is 12.3 Å². The van der Waals surface area contributed by atoms with E-state index >= 15 is 0 Å². The van der Waals surface area contributed by atoms with Crippen molar-refractivity contribution >= 4 is 17.7 Å². The quantitative estimate of drug-likeness (QED) is 0.163. The lowest BCUT2D eigenvalue weighted by Gasteiger charge is -2.15. The lowest BCUT2D eigenvalue weighted by atomic mass is 9.89. The molecule has 0 saturated heterocycles. The van der Waals surface area contributed by atoms with E-state index in [9.17, 15) is 19.5 Å². The highest BCUT2D eigenvalue weighted by Gasteiger charge is 2.30. The van der Waals surface area contributed by atoms with Crippen molar-refractivity contribution in [1.29, 1.82) is 0 Å². The summed E-state index contributed by atoms with van der Waals surface area (Å²) in [4.78, 5) is 37.0. The molecule has 0 aliphatic rings. The van der Waals surface area contributed by atoms with Crippen molar-refractivity contribution in [2.75, 3.05) is 6.61 Å². The van der Waals surface area contributed by atoms with E-state index in [1.54, 1.807) is 6.92 Å².